The van der Waals surface area contributed by atoms with Gasteiger partial charge in [-0.1, -0.05) is 0 Å². The number of ether oxygens (including phenoxy) is 1. The molecule has 2 heterocycles. The number of rotatable bonds is 4. The summed E-state index contributed by atoms with van der Waals surface area (Å²) in [5.41, 5.74) is 1.66. The number of aryl methyl sites for hydroxylation is 1. The maximum absolute atomic E-state index is 13.8. The van der Waals surface area contributed by atoms with Gasteiger partial charge in [0.2, 0.25) is 0 Å². The van der Waals surface area contributed by atoms with Crippen LogP contribution >= 0.6 is 34.2 Å². The van der Waals surface area contributed by atoms with E-state index in [1.807, 2.05) is 22.6 Å². The Morgan fingerprint density at radius 3 is 3.05 bits per heavy atom. The first-order chi connectivity index (χ1) is 9.69. The van der Waals surface area contributed by atoms with Crippen molar-refractivity contribution in [3.8, 4) is 0 Å². The minimum atomic E-state index is -0.205. The predicted molar refractivity (Wildman–Crippen MR) is 85.8 cm³/mol. The lowest BCUT2D eigenvalue weighted by Gasteiger charge is -2.14. The van der Waals surface area contributed by atoms with Gasteiger partial charge < -0.3 is 9.30 Å². The van der Waals surface area contributed by atoms with Gasteiger partial charge in [-0.2, -0.15) is 0 Å². The quantitative estimate of drug-likeness (QED) is 0.569. The Hall–Kier alpha value is -0.400. The summed E-state index contributed by atoms with van der Waals surface area (Å²) in [6, 6.07) is 3.35. The van der Waals surface area contributed by atoms with Crippen molar-refractivity contribution in [3.05, 3.63) is 27.3 Å². The van der Waals surface area contributed by atoms with E-state index >= 15 is 0 Å². The Morgan fingerprint density at radius 1 is 1.50 bits per heavy atom. The third-order valence-electron chi connectivity index (χ3n) is 3.60. The largest absolute Gasteiger partial charge is 0.376 e. The molecule has 108 valence electrons. The fourth-order valence-corrected chi connectivity index (χ4v) is 3.26. The number of benzene rings is 1. The Balaban J connectivity index is 2.04. The highest BCUT2D eigenvalue weighted by Crippen LogP contribution is 2.24. The monoisotopic (exact) mass is 408 g/mol. The Bertz CT molecular complexity index is 625. The van der Waals surface area contributed by atoms with Crippen molar-refractivity contribution in [2.75, 3.05) is 12.5 Å². The molecule has 1 atom stereocenters. The van der Waals surface area contributed by atoms with E-state index in [0.29, 0.717) is 15.9 Å². The van der Waals surface area contributed by atoms with E-state index < -0.39 is 0 Å². The molecule has 0 amide bonds. The first kappa shape index (κ1) is 14.5. The van der Waals surface area contributed by atoms with Gasteiger partial charge in [0.05, 0.1) is 27.3 Å². The van der Waals surface area contributed by atoms with Crippen LogP contribution in [-0.2, 0) is 17.7 Å². The first-order valence-corrected chi connectivity index (χ1v) is 8.32. The summed E-state index contributed by atoms with van der Waals surface area (Å²) in [4.78, 5) is 4.60. The number of aromatic nitrogens is 2. The van der Waals surface area contributed by atoms with Crippen LogP contribution < -0.4 is 0 Å². The SMILES string of the molecule is Fc1cc2c(cc1I)nc(CCCl)n2CC1CCCO1. The molecule has 1 fully saturated rings. The Labute approximate surface area is 135 Å². The lowest BCUT2D eigenvalue weighted by molar-refractivity contribution is 0.0972. The van der Waals surface area contributed by atoms with E-state index in [1.165, 1.54) is 0 Å². The van der Waals surface area contributed by atoms with Crippen LogP contribution in [0.25, 0.3) is 11.0 Å². The molecular formula is C14H15ClFIN2O. The van der Waals surface area contributed by atoms with Crippen LogP contribution in [0.1, 0.15) is 18.7 Å². The number of hydrogen-bond donors (Lipinski definition) is 0. The topological polar surface area (TPSA) is 27.1 Å². The van der Waals surface area contributed by atoms with Gasteiger partial charge in [-0.3, -0.25) is 0 Å². The van der Waals surface area contributed by atoms with Crippen molar-refractivity contribution in [2.45, 2.75) is 31.9 Å². The number of hydrogen-bond acceptors (Lipinski definition) is 2. The number of alkyl halides is 1. The zero-order chi connectivity index (χ0) is 14.1. The van der Waals surface area contributed by atoms with Gasteiger partial charge in [-0.05, 0) is 41.5 Å². The molecule has 1 aliphatic heterocycles. The molecule has 1 unspecified atom stereocenters. The van der Waals surface area contributed by atoms with Crippen LogP contribution in [0, 0.1) is 9.39 Å². The minimum Gasteiger partial charge on any atom is -0.376 e. The summed E-state index contributed by atoms with van der Waals surface area (Å²) in [7, 11) is 0. The van der Waals surface area contributed by atoms with Crippen molar-refractivity contribution in [3.63, 3.8) is 0 Å². The van der Waals surface area contributed by atoms with E-state index in [0.717, 1.165) is 42.9 Å². The number of imidazole rings is 1. The van der Waals surface area contributed by atoms with Gasteiger partial charge in [0.1, 0.15) is 11.6 Å². The molecule has 20 heavy (non-hydrogen) atoms. The first-order valence-electron chi connectivity index (χ1n) is 6.71. The average molecular weight is 409 g/mol. The van der Waals surface area contributed by atoms with E-state index in [2.05, 4.69) is 9.55 Å². The van der Waals surface area contributed by atoms with Crippen LogP contribution in [0.3, 0.4) is 0 Å². The molecule has 1 aromatic heterocycles. The normalized spacial score (nSPS) is 19.1. The van der Waals surface area contributed by atoms with Gasteiger partial charge in [-0.25, -0.2) is 9.37 Å². The summed E-state index contributed by atoms with van der Waals surface area (Å²) in [6.45, 7) is 1.54. The Kier molecular flexibility index (Phi) is 4.47. The van der Waals surface area contributed by atoms with Gasteiger partial charge in [0.15, 0.2) is 0 Å². The summed E-state index contributed by atoms with van der Waals surface area (Å²) < 4.78 is 22.2. The van der Waals surface area contributed by atoms with E-state index in [9.17, 15) is 4.39 Å². The maximum atomic E-state index is 13.8. The van der Waals surface area contributed by atoms with Crippen LogP contribution in [0.4, 0.5) is 4.39 Å². The summed E-state index contributed by atoms with van der Waals surface area (Å²) in [6.07, 6.45) is 3.02. The van der Waals surface area contributed by atoms with Crippen LogP contribution in [0.2, 0.25) is 0 Å². The minimum absolute atomic E-state index is 0.198. The number of fused-ring (bicyclic) bond motifs is 1. The smallest absolute Gasteiger partial charge is 0.138 e. The van der Waals surface area contributed by atoms with Crippen LogP contribution in [-0.4, -0.2) is 28.1 Å². The lowest BCUT2D eigenvalue weighted by atomic mass is 10.2. The third kappa shape index (κ3) is 2.80. The van der Waals surface area contributed by atoms with Crippen molar-refractivity contribution >= 4 is 45.2 Å². The van der Waals surface area contributed by atoms with Crippen molar-refractivity contribution < 1.29 is 9.13 Å². The third-order valence-corrected chi connectivity index (χ3v) is 4.61. The highest BCUT2D eigenvalue weighted by atomic mass is 127. The molecule has 0 aliphatic carbocycles. The zero-order valence-corrected chi connectivity index (χ0v) is 13.8. The maximum Gasteiger partial charge on any atom is 0.138 e. The fraction of sp³-hybridized carbons (Fsp3) is 0.500. The molecule has 1 aliphatic rings. The Morgan fingerprint density at radius 2 is 2.35 bits per heavy atom. The number of nitrogens with zero attached hydrogens (tertiary/aromatic N) is 2. The van der Waals surface area contributed by atoms with Crippen molar-refractivity contribution in [1.29, 1.82) is 0 Å². The van der Waals surface area contributed by atoms with Crippen LogP contribution in [0.5, 0.6) is 0 Å². The van der Waals surface area contributed by atoms with Crippen LogP contribution in [0.15, 0.2) is 12.1 Å². The van der Waals surface area contributed by atoms with Crippen molar-refractivity contribution in [1.82, 2.24) is 9.55 Å². The van der Waals surface area contributed by atoms with Gasteiger partial charge >= 0.3 is 0 Å². The highest BCUT2D eigenvalue weighted by molar-refractivity contribution is 14.1. The van der Waals surface area contributed by atoms with Crippen molar-refractivity contribution in [2.24, 2.45) is 0 Å². The summed E-state index contributed by atoms with van der Waals surface area (Å²) in [5.74, 6) is 1.21. The van der Waals surface area contributed by atoms with Gasteiger partial charge in [0, 0.05) is 25.0 Å². The highest BCUT2D eigenvalue weighted by Gasteiger charge is 2.20. The average Bonchev–Trinajstić information content (AvgIpc) is 3.02. The summed E-state index contributed by atoms with van der Waals surface area (Å²) >= 11 is 7.84. The van der Waals surface area contributed by atoms with E-state index in [1.54, 1.807) is 12.1 Å². The molecule has 6 heteroatoms. The molecule has 1 aromatic carbocycles. The molecule has 0 radical (unpaired) electrons. The standard InChI is InChI=1S/C14H15ClFIN2O/c15-4-3-14-18-12-7-11(17)10(16)6-13(12)19(14)8-9-2-1-5-20-9/h6-7,9H,1-5,8H2. The van der Waals surface area contributed by atoms with E-state index in [4.69, 9.17) is 16.3 Å². The molecule has 3 rings (SSSR count). The second-order valence-electron chi connectivity index (χ2n) is 4.97. The van der Waals surface area contributed by atoms with E-state index in [-0.39, 0.29) is 11.9 Å². The second kappa shape index (κ2) is 6.15. The fourth-order valence-electron chi connectivity index (χ4n) is 2.64. The number of halogens is 3. The molecule has 0 bridgehead atoms. The molecule has 1 saturated heterocycles. The van der Waals surface area contributed by atoms with Gasteiger partial charge in [-0.15, -0.1) is 11.6 Å². The molecule has 0 N–H and O–H groups in total. The molecule has 3 nitrogen and oxygen atoms in total. The molecule has 0 saturated carbocycles. The summed E-state index contributed by atoms with van der Waals surface area (Å²) in [5, 5.41) is 0. The molecule has 0 spiro atoms. The molecule has 2 aromatic rings. The second-order valence-corrected chi connectivity index (χ2v) is 6.51. The lowest BCUT2D eigenvalue weighted by Crippen LogP contribution is -2.17. The zero-order valence-electron chi connectivity index (χ0n) is 10.9. The van der Waals surface area contributed by atoms with Gasteiger partial charge in [0.25, 0.3) is 0 Å². The predicted octanol–water partition coefficient (Wildman–Crippen LogP) is 3.74. The molecular weight excluding hydrogens is 394 g/mol.